The highest BCUT2D eigenvalue weighted by Crippen LogP contribution is 2.25. The van der Waals surface area contributed by atoms with Crippen molar-refractivity contribution < 1.29 is 15.0 Å². The molecule has 0 fully saturated rings. The van der Waals surface area contributed by atoms with E-state index in [1.807, 2.05) is 0 Å². The number of rotatable bonds is 7. The second-order valence-corrected chi connectivity index (χ2v) is 4.22. The van der Waals surface area contributed by atoms with Crippen LogP contribution in [0, 0.1) is 0 Å². The Morgan fingerprint density at radius 1 is 1.21 bits per heavy atom. The lowest BCUT2D eigenvalue weighted by molar-refractivity contribution is -0.116. The van der Waals surface area contributed by atoms with Gasteiger partial charge in [-0.3, -0.25) is 4.79 Å². The topological polar surface area (TPSA) is 95.6 Å². The van der Waals surface area contributed by atoms with Crippen molar-refractivity contribution >= 4 is 12.0 Å². The number of hydrogen-bond acceptors (Lipinski definition) is 4. The minimum absolute atomic E-state index is 0.179. The number of hydrogen-bond donors (Lipinski definition) is 4. The molecule has 0 radical (unpaired) electrons. The van der Waals surface area contributed by atoms with Crippen LogP contribution in [-0.2, 0) is 4.79 Å². The Morgan fingerprint density at radius 2 is 2.00 bits per heavy atom. The van der Waals surface area contributed by atoms with E-state index < -0.39 is 0 Å². The molecule has 0 aliphatic rings. The molecule has 1 aromatic rings. The fourth-order valence-corrected chi connectivity index (χ4v) is 1.53. The summed E-state index contributed by atoms with van der Waals surface area (Å²) in [6.07, 6.45) is 5.87. The number of carbonyl (C=O) groups excluding carboxylic acids is 1. The standard InChI is InChI=1S/C14H20N2O3/c15-8-2-1-3-9-16-14(19)7-5-11-4-6-12(17)13(18)10-11/h4-7,10,17-18H,1-3,8-9,15H2,(H,16,19)/b7-5+. The number of amides is 1. The van der Waals surface area contributed by atoms with Crippen LogP contribution in [0.4, 0.5) is 0 Å². The van der Waals surface area contributed by atoms with E-state index in [4.69, 9.17) is 10.8 Å². The first-order chi connectivity index (χ1) is 9.13. The van der Waals surface area contributed by atoms with Crippen molar-refractivity contribution in [2.45, 2.75) is 19.3 Å². The Balaban J connectivity index is 2.34. The zero-order valence-electron chi connectivity index (χ0n) is 10.8. The molecule has 1 rings (SSSR count). The smallest absolute Gasteiger partial charge is 0.243 e. The van der Waals surface area contributed by atoms with Gasteiger partial charge in [0.1, 0.15) is 0 Å². The van der Waals surface area contributed by atoms with Crippen molar-refractivity contribution in [1.29, 1.82) is 0 Å². The molecule has 0 saturated carbocycles. The summed E-state index contributed by atoms with van der Waals surface area (Å²) in [6, 6.07) is 4.38. The van der Waals surface area contributed by atoms with Gasteiger partial charge in [0.25, 0.3) is 0 Å². The van der Waals surface area contributed by atoms with Crippen molar-refractivity contribution in [3.8, 4) is 11.5 Å². The molecule has 1 amide bonds. The molecule has 19 heavy (non-hydrogen) atoms. The summed E-state index contributed by atoms with van der Waals surface area (Å²) in [4.78, 5) is 11.5. The normalized spacial score (nSPS) is 10.8. The number of unbranched alkanes of at least 4 members (excludes halogenated alkanes) is 2. The summed E-state index contributed by atoms with van der Waals surface area (Å²) in [5.74, 6) is -0.564. The number of benzene rings is 1. The Hall–Kier alpha value is -2.01. The maximum atomic E-state index is 11.5. The van der Waals surface area contributed by atoms with Crippen LogP contribution in [0.1, 0.15) is 24.8 Å². The number of nitrogens with two attached hydrogens (primary N) is 1. The number of nitrogens with one attached hydrogen (secondary N) is 1. The highest BCUT2D eigenvalue weighted by Gasteiger charge is 1.99. The van der Waals surface area contributed by atoms with Crippen molar-refractivity contribution in [3.63, 3.8) is 0 Å². The lowest BCUT2D eigenvalue weighted by Crippen LogP contribution is -2.22. The zero-order chi connectivity index (χ0) is 14.1. The van der Waals surface area contributed by atoms with Gasteiger partial charge in [-0.2, -0.15) is 0 Å². The Bertz CT molecular complexity index is 444. The predicted octanol–water partition coefficient (Wildman–Crippen LogP) is 1.36. The average Bonchev–Trinajstić information content (AvgIpc) is 2.40. The number of carbonyl (C=O) groups is 1. The molecule has 104 valence electrons. The monoisotopic (exact) mass is 264 g/mol. The molecular formula is C14H20N2O3. The second-order valence-electron chi connectivity index (χ2n) is 4.22. The van der Waals surface area contributed by atoms with E-state index in [0.717, 1.165) is 19.3 Å². The van der Waals surface area contributed by atoms with Crippen molar-refractivity contribution in [3.05, 3.63) is 29.8 Å². The third-order valence-electron chi connectivity index (χ3n) is 2.61. The van der Waals surface area contributed by atoms with Gasteiger partial charge in [0.05, 0.1) is 0 Å². The first-order valence-corrected chi connectivity index (χ1v) is 6.31. The zero-order valence-corrected chi connectivity index (χ0v) is 10.8. The van der Waals surface area contributed by atoms with Gasteiger partial charge < -0.3 is 21.3 Å². The molecule has 5 nitrogen and oxygen atoms in total. The molecule has 5 heteroatoms. The van der Waals surface area contributed by atoms with Crippen molar-refractivity contribution in [1.82, 2.24) is 5.32 Å². The van der Waals surface area contributed by atoms with Gasteiger partial charge in [-0.05, 0) is 43.2 Å². The van der Waals surface area contributed by atoms with Crippen LogP contribution in [0.3, 0.4) is 0 Å². The van der Waals surface area contributed by atoms with E-state index in [1.165, 1.54) is 18.2 Å². The fraction of sp³-hybridized carbons (Fsp3) is 0.357. The quantitative estimate of drug-likeness (QED) is 0.339. The third kappa shape index (κ3) is 5.92. The molecule has 0 aliphatic carbocycles. The Labute approximate surface area is 112 Å². The molecule has 5 N–H and O–H groups in total. The van der Waals surface area contributed by atoms with Crippen LogP contribution >= 0.6 is 0 Å². The predicted molar refractivity (Wildman–Crippen MR) is 74.7 cm³/mol. The molecular weight excluding hydrogens is 244 g/mol. The first-order valence-electron chi connectivity index (χ1n) is 6.31. The molecule has 0 aliphatic heterocycles. The Morgan fingerprint density at radius 3 is 2.68 bits per heavy atom. The van der Waals surface area contributed by atoms with Crippen LogP contribution in [0.25, 0.3) is 6.08 Å². The average molecular weight is 264 g/mol. The van der Waals surface area contributed by atoms with E-state index in [0.29, 0.717) is 18.7 Å². The first kappa shape index (κ1) is 15.0. The van der Waals surface area contributed by atoms with Crippen LogP contribution in [0.2, 0.25) is 0 Å². The van der Waals surface area contributed by atoms with Crippen LogP contribution in [-0.4, -0.2) is 29.2 Å². The van der Waals surface area contributed by atoms with Gasteiger partial charge >= 0.3 is 0 Å². The lowest BCUT2D eigenvalue weighted by atomic mass is 10.2. The lowest BCUT2D eigenvalue weighted by Gasteiger charge is -2.01. The van der Waals surface area contributed by atoms with E-state index in [2.05, 4.69) is 5.32 Å². The molecule has 1 aromatic carbocycles. The fourth-order valence-electron chi connectivity index (χ4n) is 1.53. The van der Waals surface area contributed by atoms with E-state index in [9.17, 15) is 9.90 Å². The van der Waals surface area contributed by atoms with E-state index in [-0.39, 0.29) is 17.4 Å². The van der Waals surface area contributed by atoms with Crippen molar-refractivity contribution in [2.24, 2.45) is 5.73 Å². The summed E-state index contributed by atoms with van der Waals surface area (Å²) in [5.41, 5.74) is 6.02. The molecule has 0 heterocycles. The van der Waals surface area contributed by atoms with Gasteiger partial charge in [0.15, 0.2) is 11.5 Å². The third-order valence-corrected chi connectivity index (χ3v) is 2.61. The SMILES string of the molecule is NCCCCCNC(=O)/C=C/c1ccc(O)c(O)c1. The van der Waals surface area contributed by atoms with Gasteiger partial charge in [0.2, 0.25) is 5.91 Å². The molecule has 0 unspecified atom stereocenters. The van der Waals surface area contributed by atoms with E-state index >= 15 is 0 Å². The number of phenols is 2. The maximum Gasteiger partial charge on any atom is 0.243 e. The molecule has 0 bridgehead atoms. The Kier molecular flexibility index (Phi) is 6.46. The largest absolute Gasteiger partial charge is 0.504 e. The van der Waals surface area contributed by atoms with Gasteiger partial charge in [-0.15, -0.1) is 0 Å². The summed E-state index contributed by atoms with van der Waals surface area (Å²) in [6.45, 7) is 1.31. The molecule has 0 aromatic heterocycles. The summed E-state index contributed by atoms with van der Waals surface area (Å²) < 4.78 is 0. The minimum atomic E-state index is -0.204. The molecule has 0 saturated heterocycles. The number of aromatic hydroxyl groups is 2. The number of phenolic OH excluding ortho intramolecular Hbond substituents is 2. The van der Waals surface area contributed by atoms with Crippen LogP contribution in [0.5, 0.6) is 11.5 Å². The maximum absolute atomic E-state index is 11.5. The van der Waals surface area contributed by atoms with Crippen LogP contribution < -0.4 is 11.1 Å². The van der Waals surface area contributed by atoms with Gasteiger partial charge in [0, 0.05) is 12.6 Å². The van der Waals surface area contributed by atoms with Gasteiger partial charge in [-0.25, -0.2) is 0 Å². The molecule has 0 atom stereocenters. The summed E-state index contributed by atoms with van der Waals surface area (Å²) in [5, 5.41) is 21.2. The highest BCUT2D eigenvalue weighted by atomic mass is 16.3. The second kappa shape index (κ2) is 8.16. The van der Waals surface area contributed by atoms with Crippen LogP contribution in [0.15, 0.2) is 24.3 Å². The van der Waals surface area contributed by atoms with Crippen molar-refractivity contribution in [2.75, 3.05) is 13.1 Å². The molecule has 0 spiro atoms. The minimum Gasteiger partial charge on any atom is -0.504 e. The summed E-state index contributed by atoms with van der Waals surface area (Å²) in [7, 11) is 0. The van der Waals surface area contributed by atoms with E-state index in [1.54, 1.807) is 12.1 Å². The highest BCUT2D eigenvalue weighted by molar-refractivity contribution is 5.91. The summed E-state index contributed by atoms with van der Waals surface area (Å²) >= 11 is 0. The van der Waals surface area contributed by atoms with Gasteiger partial charge in [-0.1, -0.05) is 12.5 Å².